The molecule has 2 aromatic carbocycles. The van der Waals surface area contributed by atoms with Gasteiger partial charge in [-0.25, -0.2) is 0 Å². The average molecular weight is 438 g/mol. The summed E-state index contributed by atoms with van der Waals surface area (Å²) in [6, 6.07) is 8.65. The van der Waals surface area contributed by atoms with Crippen LogP contribution in [0, 0.1) is 10.1 Å². The molecule has 0 spiro atoms. The Balaban J connectivity index is 1.40. The van der Waals surface area contributed by atoms with Crippen LogP contribution in [0.1, 0.15) is 36.8 Å². The molecule has 9 heteroatoms. The fourth-order valence-electron chi connectivity index (χ4n) is 4.33. The van der Waals surface area contributed by atoms with Gasteiger partial charge in [0.15, 0.2) is 23.0 Å². The molecule has 0 saturated heterocycles. The van der Waals surface area contributed by atoms with Crippen molar-refractivity contribution in [2.24, 2.45) is 0 Å². The molecule has 0 unspecified atom stereocenters. The number of nitrogens with zero attached hydrogens (tertiary/aromatic N) is 2. The van der Waals surface area contributed by atoms with E-state index in [0.717, 1.165) is 31.2 Å². The quantitative estimate of drug-likeness (QED) is 0.381. The summed E-state index contributed by atoms with van der Waals surface area (Å²) in [4.78, 5) is 26.1. The molecule has 0 atom stereocenters. The molecule has 1 amide bonds. The lowest BCUT2D eigenvalue weighted by molar-refractivity contribution is -0.385. The maximum absolute atomic E-state index is 13.2. The SMILES string of the molecule is O=C(/C=C/c1cc2c(cc1[N+](=O)[O-])OCO2)N(Cc1ccc2c(c1)OCO2)C1CCCC1. The lowest BCUT2D eigenvalue weighted by atomic mass is 10.1. The fourth-order valence-corrected chi connectivity index (χ4v) is 4.33. The van der Waals surface area contributed by atoms with Gasteiger partial charge in [-0.15, -0.1) is 0 Å². The molecule has 2 aromatic rings. The molecule has 0 bridgehead atoms. The van der Waals surface area contributed by atoms with Crippen LogP contribution in [0.25, 0.3) is 6.08 Å². The molecule has 3 aliphatic rings. The maximum Gasteiger partial charge on any atom is 0.280 e. The molecule has 1 aliphatic carbocycles. The Labute approximate surface area is 184 Å². The Morgan fingerprint density at radius 1 is 1.00 bits per heavy atom. The second-order valence-corrected chi connectivity index (χ2v) is 7.95. The summed E-state index contributed by atoms with van der Waals surface area (Å²) in [5.74, 6) is 1.93. The Hall–Kier alpha value is -3.75. The molecular weight excluding hydrogens is 416 g/mol. The number of amides is 1. The van der Waals surface area contributed by atoms with Crippen LogP contribution in [-0.2, 0) is 11.3 Å². The van der Waals surface area contributed by atoms with E-state index in [1.165, 1.54) is 24.3 Å². The van der Waals surface area contributed by atoms with Crippen molar-refractivity contribution in [1.29, 1.82) is 0 Å². The molecule has 166 valence electrons. The van der Waals surface area contributed by atoms with Gasteiger partial charge in [-0.2, -0.15) is 0 Å². The lowest BCUT2D eigenvalue weighted by Gasteiger charge is -2.28. The first-order valence-electron chi connectivity index (χ1n) is 10.5. The van der Waals surface area contributed by atoms with E-state index in [4.69, 9.17) is 18.9 Å². The van der Waals surface area contributed by atoms with Crippen LogP contribution in [0.2, 0.25) is 0 Å². The molecule has 2 aliphatic heterocycles. The number of carbonyl (C=O) groups excluding carboxylic acids is 1. The van der Waals surface area contributed by atoms with Crippen LogP contribution in [0.5, 0.6) is 23.0 Å². The number of fused-ring (bicyclic) bond motifs is 2. The highest BCUT2D eigenvalue weighted by Gasteiger charge is 2.27. The lowest BCUT2D eigenvalue weighted by Crippen LogP contribution is -2.37. The van der Waals surface area contributed by atoms with E-state index in [1.54, 1.807) is 0 Å². The smallest absolute Gasteiger partial charge is 0.280 e. The molecule has 1 fully saturated rings. The minimum absolute atomic E-state index is 0.0174. The van der Waals surface area contributed by atoms with E-state index in [1.807, 2.05) is 23.1 Å². The second-order valence-electron chi connectivity index (χ2n) is 7.95. The van der Waals surface area contributed by atoms with Crippen molar-refractivity contribution in [2.45, 2.75) is 38.3 Å². The van der Waals surface area contributed by atoms with Gasteiger partial charge in [-0.1, -0.05) is 18.9 Å². The zero-order valence-electron chi connectivity index (χ0n) is 17.3. The van der Waals surface area contributed by atoms with Crippen molar-refractivity contribution in [1.82, 2.24) is 4.90 Å². The normalized spacial score (nSPS) is 16.6. The summed E-state index contributed by atoms with van der Waals surface area (Å²) < 4.78 is 21.4. The number of hydrogen-bond acceptors (Lipinski definition) is 7. The zero-order chi connectivity index (χ0) is 22.1. The van der Waals surface area contributed by atoms with Gasteiger partial charge in [0.25, 0.3) is 5.69 Å². The summed E-state index contributed by atoms with van der Waals surface area (Å²) in [5, 5.41) is 11.5. The summed E-state index contributed by atoms with van der Waals surface area (Å²) in [5.41, 5.74) is 1.10. The number of hydrogen-bond donors (Lipinski definition) is 0. The molecule has 0 aromatic heterocycles. The van der Waals surface area contributed by atoms with Gasteiger partial charge in [0.1, 0.15) is 0 Å². The highest BCUT2D eigenvalue weighted by Crippen LogP contribution is 2.38. The van der Waals surface area contributed by atoms with Gasteiger partial charge >= 0.3 is 0 Å². The Morgan fingerprint density at radius 3 is 2.38 bits per heavy atom. The van der Waals surface area contributed by atoms with Crippen molar-refractivity contribution in [2.75, 3.05) is 13.6 Å². The third-order valence-electron chi connectivity index (χ3n) is 5.96. The highest BCUT2D eigenvalue weighted by molar-refractivity contribution is 5.93. The third-order valence-corrected chi connectivity index (χ3v) is 5.96. The topological polar surface area (TPSA) is 100 Å². The first-order valence-corrected chi connectivity index (χ1v) is 10.5. The number of nitro benzene ring substituents is 1. The molecule has 0 radical (unpaired) electrons. The summed E-state index contributed by atoms with van der Waals surface area (Å²) >= 11 is 0. The first-order chi connectivity index (χ1) is 15.6. The van der Waals surface area contributed by atoms with Gasteiger partial charge in [-0.05, 0) is 42.7 Å². The van der Waals surface area contributed by atoms with Gasteiger partial charge in [-0.3, -0.25) is 14.9 Å². The first kappa shape index (κ1) is 20.2. The fraction of sp³-hybridized carbons (Fsp3) is 0.348. The van der Waals surface area contributed by atoms with E-state index in [9.17, 15) is 14.9 Å². The van der Waals surface area contributed by atoms with Crippen molar-refractivity contribution in [3.8, 4) is 23.0 Å². The van der Waals surface area contributed by atoms with Crippen LogP contribution in [-0.4, -0.2) is 35.4 Å². The summed E-state index contributed by atoms with van der Waals surface area (Å²) in [6.07, 6.45) is 6.91. The predicted molar refractivity (Wildman–Crippen MR) is 114 cm³/mol. The average Bonchev–Trinajstić information content (AvgIpc) is 3.55. The highest BCUT2D eigenvalue weighted by atomic mass is 16.7. The number of nitro groups is 1. The molecule has 9 nitrogen and oxygen atoms in total. The minimum Gasteiger partial charge on any atom is -0.454 e. The molecule has 0 N–H and O–H groups in total. The Bertz CT molecular complexity index is 1090. The Kier molecular flexibility index (Phi) is 5.30. The van der Waals surface area contributed by atoms with Gasteiger partial charge in [0.05, 0.1) is 16.6 Å². The van der Waals surface area contributed by atoms with Crippen LogP contribution in [0.4, 0.5) is 5.69 Å². The summed E-state index contributed by atoms with van der Waals surface area (Å²) in [6.45, 7) is 0.637. The van der Waals surface area contributed by atoms with Crippen molar-refractivity contribution < 1.29 is 28.7 Å². The maximum atomic E-state index is 13.2. The van der Waals surface area contributed by atoms with E-state index < -0.39 is 4.92 Å². The number of benzene rings is 2. The van der Waals surface area contributed by atoms with Gasteiger partial charge < -0.3 is 23.8 Å². The van der Waals surface area contributed by atoms with Crippen molar-refractivity contribution in [3.05, 3.63) is 57.6 Å². The van der Waals surface area contributed by atoms with Crippen LogP contribution < -0.4 is 18.9 Å². The molecule has 5 rings (SSSR count). The van der Waals surface area contributed by atoms with E-state index in [2.05, 4.69) is 0 Å². The predicted octanol–water partition coefficient (Wildman–Crippen LogP) is 4.04. The van der Waals surface area contributed by atoms with E-state index in [0.29, 0.717) is 35.1 Å². The number of rotatable bonds is 6. The molecule has 32 heavy (non-hydrogen) atoms. The van der Waals surface area contributed by atoms with Gasteiger partial charge in [0.2, 0.25) is 19.5 Å². The third kappa shape index (κ3) is 3.93. The molecular formula is C23H22N2O7. The van der Waals surface area contributed by atoms with Crippen molar-refractivity contribution in [3.63, 3.8) is 0 Å². The van der Waals surface area contributed by atoms with Crippen LogP contribution >= 0.6 is 0 Å². The van der Waals surface area contributed by atoms with Crippen LogP contribution in [0.3, 0.4) is 0 Å². The van der Waals surface area contributed by atoms with E-state index >= 15 is 0 Å². The van der Waals surface area contributed by atoms with Crippen molar-refractivity contribution >= 4 is 17.7 Å². The molecule has 1 saturated carbocycles. The largest absolute Gasteiger partial charge is 0.454 e. The van der Waals surface area contributed by atoms with E-state index in [-0.39, 0.29) is 31.2 Å². The Morgan fingerprint density at radius 2 is 1.66 bits per heavy atom. The molecule has 2 heterocycles. The zero-order valence-corrected chi connectivity index (χ0v) is 17.3. The standard InChI is InChI=1S/C23H22N2O7/c26-23(8-6-16-10-21-22(32-14-31-21)11-18(16)25(27)28)24(17-3-1-2-4-17)12-15-5-7-19-20(9-15)30-13-29-19/h5-11,17H,1-4,12-14H2/b8-6+. The van der Waals surface area contributed by atoms with Crippen LogP contribution in [0.15, 0.2) is 36.4 Å². The minimum atomic E-state index is -0.493. The number of carbonyl (C=O) groups is 1. The summed E-state index contributed by atoms with van der Waals surface area (Å²) in [7, 11) is 0. The van der Waals surface area contributed by atoms with Gasteiger partial charge in [0, 0.05) is 18.7 Å². The number of ether oxygens (including phenoxy) is 4. The monoisotopic (exact) mass is 438 g/mol. The second kappa shape index (κ2) is 8.41.